The topological polar surface area (TPSA) is 46.8 Å². The average molecular weight is 243 g/mol. The molecule has 0 radical (unpaired) electrons. The molecule has 2 atom stereocenters. The summed E-state index contributed by atoms with van der Waals surface area (Å²) in [5, 5.41) is 0. The Hall–Kier alpha value is -1.65. The molecule has 0 spiro atoms. The van der Waals surface area contributed by atoms with Gasteiger partial charge in [-0.1, -0.05) is 6.42 Å². The summed E-state index contributed by atoms with van der Waals surface area (Å²) in [7, 11) is 1.97. The first-order chi connectivity index (χ1) is 8.81. The highest BCUT2D eigenvalue weighted by molar-refractivity contribution is 5.70. The molecule has 2 aromatic heterocycles. The molecule has 1 aliphatic heterocycles. The SMILES string of the molecule is Cn1cnc2nc(N3C[C@H]4CCC[C@H]4C3)ncc21. The molecule has 3 heterocycles. The second kappa shape index (κ2) is 3.67. The van der Waals surface area contributed by atoms with Crippen molar-refractivity contribution >= 4 is 17.1 Å². The minimum atomic E-state index is 0.805. The summed E-state index contributed by atoms with van der Waals surface area (Å²) in [6.07, 6.45) is 7.85. The molecule has 5 heteroatoms. The summed E-state index contributed by atoms with van der Waals surface area (Å²) in [5.41, 5.74) is 1.80. The number of imidazole rings is 1. The van der Waals surface area contributed by atoms with Crippen LogP contribution in [0.25, 0.3) is 11.2 Å². The zero-order valence-electron chi connectivity index (χ0n) is 10.6. The van der Waals surface area contributed by atoms with E-state index in [0.717, 1.165) is 42.0 Å². The largest absolute Gasteiger partial charge is 0.340 e. The van der Waals surface area contributed by atoms with Crippen LogP contribution in [0, 0.1) is 11.8 Å². The van der Waals surface area contributed by atoms with E-state index in [1.54, 1.807) is 6.33 Å². The Labute approximate surface area is 106 Å². The maximum Gasteiger partial charge on any atom is 0.227 e. The number of hydrogen-bond acceptors (Lipinski definition) is 4. The summed E-state index contributed by atoms with van der Waals surface area (Å²) in [6.45, 7) is 2.26. The fraction of sp³-hybridized carbons (Fsp3) is 0.615. The molecule has 94 valence electrons. The minimum absolute atomic E-state index is 0.805. The van der Waals surface area contributed by atoms with Crippen LogP contribution < -0.4 is 4.90 Å². The standard InChI is InChI=1S/C13H17N5/c1-17-8-15-12-11(17)5-14-13(16-12)18-6-9-3-2-4-10(9)7-18/h5,8-10H,2-4,6-7H2,1H3/t9-,10+. The quantitative estimate of drug-likeness (QED) is 0.763. The maximum absolute atomic E-state index is 4.59. The zero-order valence-corrected chi connectivity index (χ0v) is 10.6. The summed E-state index contributed by atoms with van der Waals surface area (Å²) in [6, 6.07) is 0. The highest BCUT2D eigenvalue weighted by atomic mass is 15.3. The normalized spacial score (nSPS) is 27.1. The molecule has 0 amide bonds. The highest BCUT2D eigenvalue weighted by Gasteiger charge is 2.37. The van der Waals surface area contributed by atoms with Gasteiger partial charge in [0.1, 0.15) is 5.52 Å². The van der Waals surface area contributed by atoms with Gasteiger partial charge in [-0.25, -0.2) is 9.97 Å². The number of aryl methyl sites for hydroxylation is 1. The predicted octanol–water partition coefficient (Wildman–Crippen LogP) is 1.60. The average Bonchev–Trinajstić information content (AvgIpc) is 3.03. The molecule has 1 aliphatic carbocycles. The monoisotopic (exact) mass is 243 g/mol. The van der Waals surface area contributed by atoms with E-state index in [1.807, 2.05) is 17.8 Å². The summed E-state index contributed by atoms with van der Waals surface area (Å²) >= 11 is 0. The van der Waals surface area contributed by atoms with Gasteiger partial charge < -0.3 is 9.47 Å². The van der Waals surface area contributed by atoms with Crippen LogP contribution in [-0.2, 0) is 7.05 Å². The van der Waals surface area contributed by atoms with Crippen molar-refractivity contribution in [2.45, 2.75) is 19.3 Å². The number of rotatable bonds is 1. The lowest BCUT2D eigenvalue weighted by molar-refractivity contribution is 0.494. The van der Waals surface area contributed by atoms with Crippen molar-refractivity contribution in [3.8, 4) is 0 Å². The minimum Gasteiger partial charge on any atom is -0.340 e. The lowest BCUT2D eigenvalue weighted by atomic mass is 10.0. The molecule has 5 nitrogen and oxygen atoms in total. The predicted molar refractivity (Wildman–Crippen MR) is 69.3 cm³/mol. The Balaban J connectivity index is 1.67. The molecule has 1 saturated carbocycles. The Morgan fingerprint density at radius 2 is 1.94 bits per heavy atom. The molecular formula is C13H17N5. The zero-order chi connectivity index (χ0) is 12.1. The Bertz CT molecular complexity index is 578. The van der Waals surface area contributed by atoms with Crippen molar-refractivity contribution in [3.05, 3.63) is 12.5 Å². The van der Waals surface area contributed by atoms with Crippen LogP contribution in [0.2, 0.25) is 0 Å². The van der Waals surface area contributed by atoms with Crippen molar-refractivity contribution in [3.63, 3.8) is 0 Å². The van der Waals surface area contributed by atoms with Crippen molar-refractivity contribution in [1.82, 2.24) is 19.5 Å². The van der Waals surface area contributed by atoms with Crippen LogP contribution in [-0.4, -0.2) is 32.6 Å². The molecule has 0 unspecified atom stereocenters. The number of nitrogens with zero attached hydrogens (tertiary/aromatic N) is 5. The first-order valence-electron chi connectivity index (χ1n) is 6.70. The summed E-state index contributed by atoms with van der Waals surface area (Å²) < 4.78 is 1.96. The van der Waals surface area contributed by atoms with Crippen molar-refractivity contribution in [1.29, 1.82) is 0 Å². The van der Waals surface area contributed by atoms with Crippen LogP contribution >= 0.6 is 0 Å². The first-order valence-corrected chi connectivity index (χ1v) is 6.70. The second-order valence-corrected chi connectivity index (χ2v) is 5.59. The highest BCUT2D eigenvalue weighted by Crippen LogP contribution is 2.38. The molecule has 1 saturated heterocycles. The van der Waals surface area contributed by atoms with E-state index in [9.17, 15) is 0 Å². The third kappa shape index (κ3) is 1.43. The lowest BCUT2D eigenvalue weighted by Gasteiger charge is -2.16. The van der Waals surface area contributed by atoms with E-state index in [-0.39, 0.29) is 0 Å². The van der Waals surface area contributed by atoms with Gasteiger partial charge in [-0.3, -0.25) is 0 Å². The smallest absolute Gasteiger partial charge is 0.227 e. The number of fused-ring (bicyclic) bond motifs is 2. The van der Waals surface area contributed by atoms with E-state index >= 15 is 0 Å². The van der Waals surface area contributed by atoms with Gasteiger partial charge in [-0.2, -0.15) is 4.98 Å². The molecule has 18 heavy (non-hydrogen) atoms. The van der Waals surface area contributed by atoms with Gasteiger partial charge >= 0.3 is 0 Å². The number of aromatic nitrogens is 4. The van der Waals surface area contributed by atoms with Gasteiger partial charge in [0, 0.05) is 20.1 Å². The van der Waals surface area contributed by atoms with Gasteiger partial charge in [0.25, 0.3) is 0 Å². The van der Waals surface area contributed by atoms with Crippen molar-refractivity contribution < 1.29 is 0 Å². The molecule has 0 aromatic carbocycles. The van der Waals surface area contributed by atoms with Gasteiger partial charge in [0.15, 0.2) is 5.65 Å². The van der Waals surface area contributed by atoms with E-state index in [2.05, 4.69) is 19.9 Å². The number of hydrogen-bond donors (Lipinski definition) is 0. The van der Waals surface area contributed by atoms with Crippen LogP contribution in [0.3, 0.4) is 0 Å². The molecule has 2 aliphatic rings. The van der Waals surface area contributed by atoms with Crippen LogP contribution in [0.1, 0.15) is 19.3 Å². The number of anilines is 1. The molecule has 2 aromatic rings. The van der Waals surface area contributed by atoms with E-state index in [0.29, 0.717) is 0 Å². The lowest BCUT2D eigenvalue weighted by Crippen LogP contribution is -2.23. The van der Waals surface area contributed by atoms with E-state index in [1.165, 1.54) is 19.3 Å². The first kappa shape index (κ1) is 10.3. The van der Waals surface area contributed by atoms with Crippen LogP contribution in [0.4, 0.5) is 5.95 Å². The maximum atomic E-state index is 4.59. The van der Waals surface area contributed by atoms with Crippen molar-refractivity contribution in [2.24, 2.45) is 18.9 Å². The summed E-state index contributed by atoms with van der Waals surface area (Å²) in [4.78, 5) is 15.7. The van der Waals surface area contributed by atoms with E-state index in [4.69, 9.17) is 0 Å². The molecule has 0 N–H and O–H groups in total. The molecule has 4 rings (SSSR count). The Morgan fingerprint density at radius 1 is 1.17 bits per heavy atom. The fourth-order valence-electron chi connectivity index (χ4n) is 3.46. The second-order valence-electron chi connectivity index (χ2n) is 5.59. The van der Waals surface area contributed by atoms with Gasteiger partial charge in [-0.05, 0) is 24.7 Å². The third-order valence-electron chi connectivity index (χ3n) is 4.48. The van der Waals surface area contributed by atoms with Gasteiger partial charge in [-0.15, -0.1) is 0 Å². The van der Waals surface area contributed by atoms with E-state index < -0.39 is 0 Å². The van der Waals surface area contributed by atoms with Gasteiger partial charge in [0.2, 0.25) is 5.95 Å². The van der Waals surface area contributed by atoms with Crippen LogP contribution in [0.5, 0.6) is 0 Å². The fourth-order valence-corrected chi connectivity index (χ4v) is 3.46. The van der Waals surface area contributed by atoms with Crippen molar-refractivity contribution in [2.75, 3.05) is 18.0 Å². The van der Waals surface area contributed by atoms with Gasteiger partial charge in [0.05, 0.1) is 12.5 Å². The third-order valence-corrected chi connectivity index (χ3v) is 4.48. The molecule has 0 bridgehead atoms. The van der Waals surface area contributed by atoms with Crippen LogP contribution in [0.15, 0.2) is 12.5 Å². The molecule has 2 fully saturated rings. The molecular weight excluding hydrogens is 226 g/mol. The Kier molecular flexibility index (Phi) is 2.10. The Morgan fingerprint density at radius 3 is 2.72 bits per heavy atom. The summed E-state index contributed by atoms with van der Waals surface area (Å²) in [5.74, 6) is 2.59.